The van der Waals surface area contributed by atoms with Gasteiger partial charge in [-0.2, -0.15) is 0 Å². The van der Waals surface area contributed by atoms with E-state index in [0.29, 0.717) is 0 Å². The van der Waals surface area contributed by atoms with Gasteiger partial charge in [0.05, 0.1) is 4.91 Å². The van der Waals surface area contributed by atoms with E-state index in [2.05, 4.69) is 15.9 Å². The molecule has 0 N–H and O–H groups in total. The van der Waals surface area contributed by atoms with Crippen LogP contribution in [0.1, 0.15) is 10.4 Å². The molecule has 0 bridgehead atoms. The Kier molecular flexibility index (Phi) is 3.44. The summed E-state index contributed by atoms with van der Waals surface area (Å²) in [5, 5.41) is 0. The first-order valence-electron chi connectivity index (χ1n) is 4.57. The SMILES string of the molecule is O=C(C1=CC=CCS1)c1ccc(Br)cc1. The number of halogens is 1. The molecule has 1 aliphatic heterocycles. The average molecular weight is 281 g/mol. The second-order valence-electron chi connectivity index (χ2n) is 3.11. The molecule has 1 aliphatic rings. The van der Waals surface area contributed by atoms with E-state index in [9.17, 15) is 4.79 Å². The molecule has 0 saturated heterocycles. The zero-order valence-electron chi connectivity index (χ0n) is 7.94. The van der Waals surface area contributed by atoms with Crippen LogP contribution in [0, 0.1) is 0 Å². The van der Waals surface area contributed by atoms with Crippen LogP contribution < -0.4 is 0 Å². The summed E-state index contributed by atoms with van der Waals surface area (Å²) in [4.78, 5) is 12.8. The minimum Gasteiger partial charge on any atom is -0.288 e. The lowest BCUT2D eigenvalue weighted by atomic mass is 10.1. The van der Waals surface area contributed by atoms with Gasteiger partial charge in [-0.3, -0.25) is 4.79 Å². The van der Waals surface area contributed by atoms with Gasteiger partial charge in [-0.25, -0.2) is 0 Å². The Labute approximate surface area is 101 Å². The van der Waals surface area contributed by atoms with Crippen molar-refractivity contribution in [2.45, 2.75) is 0 Å². The molecule has 1 nitrogen and oxygen atoms in total. The van der Waals surface area contributed by atoms with Crippen LogP contribution in [0.25, 0.3) is 0 Å². The Hall–Kier alpha value is -0.800. The van der Waals surface area contributed by atoms with Crippen LogP contribution in [0.3, 0.4) is 0 Å². The maximum Gasteiger partial charge on any atom is 0.199 e. The summed E-state index contributed by atoms with van der Waals surface area (Å²) in [6.07, 6.45) is 5.85. The second-order valence-corrected chi connectivity index (χ2v) is 5.08. The summed E-state index contributed by atoms with van der Waals surface area (Å²) < 4.78 is 0.990. The summed E-state index contributed by atoms with van der Waals surface area (Å²) in [6, 6.07) is 7.45. The van der Waals surface area contributed by atoms with Gasteiger partial charge in [0.15, 0.2) is 5.78 Å². The van der Waals surface area contributed by atoms with Crippen molar-refractivity contribution >= 4 is 33.5 Å². The zero-order valence-corrected chi connectivity index (χ0v) is 10.3. The molecule has 2 rings (SSSR count). The molecule has 1 heterocycles. The Balaban J connectivity index is 2.24. The number of allylic oxidation sites excluding steroid dienone is 3. The van der Waals surface area contributed by atoms with Crippen LogP contribution in [-0.2, 0) is 0 Å². The number of Topliss-reactive ketones (excluding diaryl/α,β-unsaturated/α-hetero) is 1. The van der Waals surface area contributed by atoms with Crippen LogP contribution in [0.4, 0.5) is 0 Å². The van der Waals surface area contributed by atoms with E-state index in [-0.39, 0.29) is 5.78 Å². The van der Waals surface area contributed by atoms with Crippen LogP contribution >= 0.6 is 27.7 Å². The summed E-state index contributed by atoms with van der Waals surface area (Å²) >= 11 is 4.93. The van der Waals surface area contributed by atoms with Gasteiger partial charge in [-0.1, -0.05) is 28.1 Å². The first-order valence-corrected chi connectivity index (χ1v) is 6.35. The highest BCUT2D eigenvalue weighted by atomic mass is 79.9. The number of rotatable bonds is 2. The molecular weight excluding hydrogens is 272 g/mol. The molecule has 0 radical (unpaired) electrons. The summed E-state index contributed by atoms with van der Waals surface area (Å²) in [7, 11) is 0. The maximum absolute atomic E-state index is 12.0. The van der Waals surface area contributed by atoms with Gasteiger partial charge in [-0.15, -0.1) is 11.8 Å². The summed E-state index contributed by atoms with van der Waals surface area (Å²) in [5.41, 5.74) is 0.743. The smallest absolute Gasteiger partial charge is 0.199 e. The lowest BCUT2D eigenvalue weighted by Gasteiger charge is -2.07. The Morgan fingerprint density at radius 2 is 2.00 bits per heavy atom. The van der Waals surface area contributed by atoms with Crippen LogP contribution in [-0.4, -0.2) is 11.5 Å². The third-order valence-corrected chi connectivity index (χ3v) is 3.57. The highest BCUT2D eigenvalue weighted by Crippen LogP contribution is 2.24. The predicted octanol–water partition coefficient (Wildman–Crippen LogP) is 3.82. The molecule has 15 heavy (non-hydrogen) atoms. The minimum absolute atomic E-state index is 0.108. The standard InChI is InChI=1S/C12H9BrOS/c13-10-6-4-9(5-7-10)12(14)11-3-1-2-8-15-11/h1-7H,8H2. The van der Waals surface area contributed by atoms with Crippen molar-refractivity contribution in [3.05, 3.63) is 57.4 Å². The summed E-state index contributed by atoms with van der Waals surface area (Å²) in [6.45, 7) is 0. The molecule has 0 atom stereocenters. The topological polar surface area (TPSA) is 17.1 Å². The summed E-state index contributed by atoms with van der Waals surface area (Å²) in [5.74, 6) is 0.991. The fourth-order valence-corrected chi connectivity index (χ4v) is 2.36. The normalized spacial score (nSPS) is 14.9. The third-order valence-electron chi connectivity index (χ3n) is 2.05. The molecule has 0 amide bonds. The quantitative estimate of drug-likeness (QED) is 0.767. The number of hydrogen-bond acceptors (Lipinski definition) is 2. The molecule has 1 aromatic carbocycles. The van der Waals surface area contributed by atoms with E-state index in [4.69, 9.17) is 0 Å². The fourth-order valence-electron chi connectivity index (χ4n) is 1.28. The number of ketones is 1. The molecule has 0 spiro atoms. The van der Waals surface area contributed by atoms with Gasteiger partial charge in [0.25, 0.3) is 0 Å². The molecular formula is C12H9BrOS. The van der Waals surface area contributed by atoms with Crippen molar-refractivity contribution in [3.8, 4) is 0 Å². The van der Waals surface area contributed by atoms with Crippen LogP contribution in [0.2, 0.25) is 0 Å². The third kappa shape index (κ3) is 2.61. The second kappa shape index (κ2) is 4.81. The fraction of sp³-hybridized carbons (Fsp3) is 0.0833. The molecule has 1 aromatic rings. The van der Waals surface area contributed by atoms with Crippen molar-refractivity contribution in [1.82, 2.24) is 0 Å². The van der Waals surface area contributed by atoms with Crippen molar-refractivity contribution in [1.29, 1.82) is 0 Å². The molecule has 0 saturated carbocycles. The van der Waals surface area contributed by atoms with Gasteiger partial charge in [0.2, 0.25) is 0 Å². The first kappa shape index (κ1) is 10.7. The molecule has 0 aromatic heterocycles. The zero-order chi connectivity index (χ0) is 10.7. The van der Waals surface area contributed by atoms with Gasteiger partial charge >= 0.3 is 0 Å². The molecule has 0 unspecified atom stereocenters. The number of benzene rings is 1. The van der Waals surface area contributed by atoms with Gasteiger partial charge in [0.1, 0.15) is 0 Å². The lowest BCUT2D eigenvalue weighted by molar-refractivity contribution is 0.104. The van der Waals surface area contributed by atoms with Crippen molar-refractivity contribution < 1.29 is 4.79 Å². The van der Waals surface area contributed by atoms with E-state index in [1.807, 2.05) is 42.5 Å². The number of carbonyl (C=O) groups excluding carboxylic acids is 1. The van der Waals surface area contributed by atoms with Crippen molar-refractivity contribution in [3.63, 3.8) is 0 Å². The van der Waals surface area contributed by atoms with E-state index in [1.54, 1.807) is 11.8 Å². The molecule has 0 fully saturated rings. The van der Waals surface area contributed by atoms with E-state index >= 15 is 0 Å². The maximum atomic E-state index is 12.0. The van der Waals surface area contributed by atoms with Crippen molar-refractivity contribution in [2.75, 3.05) is 5.75 Å². The Morgan fingerprint density at radius 3 is 2.60 bits per heavy atom. The Bertz CT molecular complexity index is 431. The number of carbonyl (C=O) groups is 1. The highest BCUT2D eigenvalue weighted by molar-refractivity contribution is 9.10. The number of thioether (sulfide) groups is 1. The Morgan fingerprint density at radius 1 is 1.27 bits per heavy atom. The monoisotopic (exact) mass is 280 g/mol. The average Bonchev–Trinajstić information content (AvgIpc) is 2.30. The molecule has 76 valence electrons. The predicted molar refractivity (Wildman–Crippen MR) is 68.2 cm³/mol. The highest BCUT2D eigenvalue weighted by Gasteiger charge is 2.12. The van der Waals surface area contributed by atoms with E-state index in [0.717, 1.165) is 20.7 Å². The van der Waals surface area contributed by atoms with Crippen LogP contribution in [0.15, 0.2) is 51.9 Å². The van der Waals surface area contributed by atoms with E-state index < -0.39 is 0 Å². The van der Waals surface area contributed by atoms with Gasteiger partial charge in [-0.05, 0) is 30.3 Å². The largest absolute Gasteiger partial charge is 0.288 e. The van der Waals surface area contributed by atoms with Gasteiger partial charge < -0.3 is 0 Å². The van der Waals surface area contributed by atoms with Gasteiger partial charge in [0, 0.05) is 15.8 Å². The van der Waals surface area contributed by atoms with Crippen LogP contribution in [0.5, 0.6) is 0 Å². The molecule has 0 aliphatic carbocycles. The number of hydrogen-bond donors (Lipinski definition) is 0. The minimum atomic E-state index is 0.108. The molecule has 3 heteroatoms. The van der Waals surface area contributed by atoms with E-state index in [1.165, 1.54) is 0 Å². The van der Waals surface area contributed by atoms with Crippen molar-refractivity contribution in [2.24, 2.45) is 0 Å². The lowest BCUT2D eigenvalue weighted by Crippen LogP contribution is -2.02. The first-order chi connectivity index (χ1) is 7.27.